The summed E-state index contributed by atoms with van der Waals surface area (Å²) in [7, 11) is 1.64. The zero-order chi connectivity index (χ0) is 18.7. The Morgan fingerprint density at radius 2 is 1.92 bits per heavy atom. The van der Waals surface area contributed by atoms with Gasteiger partial charge in [0.15, 0.2) is 0 Å². The number of rotatable bonds is 2. The Balaban J connectivity index is 1.63. The molecule has 3 saturated carbocycles. The molecule has 4 heteroatoms. The minimum atomic E-state index is -0.158. The zero-order valence-electron chi connectivity index (χ0n) is 16.3. The van der Waals surface area contributed by atoms with E-state index in [-0.39, 0.29) is 28.4 Å². The topological polar surface area (TPSA) is 63.2 Å². The van der Waals surface area contributed by atoms with Crippen molar-refractivity contribution in [3.05, 3.63) is 11.6 Å². The second-order valence-corrected chi connectivity index (χ2v) is 9.60. The van der Waals surface area contributed by atoms with Crippen LogP contribution in [0, 0.1) is 34.5 Å². The van der Waals surface area contributed by atoms with Crippen LogP contribution in [0.3, 0.4) is 0 Å². The molecule has 26 heavy (non-hydrogen) atoms. The number of fused-ring (bicyclic) bond motifs is 5. The first kappa shape index (κ1) is 17.9. The van der Waals surface area contributed by atoms with Crippen molar-refractivity contribution in [3.8, 4) is 0 Å². The van der Waals surface area contributed by atoms with Crippen LogP contribution in [0.4, 0.5) is 0 Å². The van der Waals surface area contributed by atoms with Gasteiger partial charge in [-0.1, -0.05) is 25.5 Å². The molecule has 0 spiro atoms. The van der Waals surface area contributed by atoms with E-state index in [1.807, 2.05) is 0 Å². The number of hydrogen-bond donors (Lipinski definition) is 1. The molecule has 142 valence electrons. The Morgan fingerprint density at radius 1 is 1.19 bits per heavy atom. The highest BCUT2D eigenvalue weighted by atomic mass is 16.2. The standard InChI is InChI=1S/C22H31NO3/c1-21-9-8-17-15(16(21)6-7-19(21)25)5-4-14-11-18(24)13(10-20(26)23-3)12-22(14,17)2/h4,13,15-17H,5-12H2,1-3H3,(H,23,26). The van der Waals surface area contributed by atoms with Crippen LogP contribution in [0.15, 0.2) is 11.6 Å². The maximum Gasteiger partial charge on any atom is 0.220 e. The summed E-state index contributed by atoms with van der Waals surface area (Å²) in [6.07, 6.45) is 8.83. The summed E-state index contributed by atoms with van der Waals surface area (Å²) in [6, 6.07) is 0. The first-order chi connectivity index (χ1) is 12.3. The summed E-state index contributed by atoms with van der Waals surface area (Å²) in [5, 5.41) is 2.67. The summed E-state index contributed by atoms with van der Waals surface area (Å²) < 4.78 is 0. The molecule has 0 bridgehead atoms. The number of amides is 1. The quantitative estimate of drug-likeness (QED) is 0.770. The fourth-order valence-electron chi connectivity index (χ4n) is 6.95. The first-order valence-electron chi connectivity index (χ1n) is 10.3. The van der Waals surface area contributed by atoms with E-state index >= 15 is 0 Å². The monoisotopic (exact) mass is 357 g/mol. The minimum Gasteiger partial charge on any atom is -0.359 e. The number of ketones is 2. The van der Waals surface area contributed by atoms with E-state index in [4.69, 9.17) is 0 Å². The van der Waals surface area contributed by atoms with Gasteiger partial charge in [-0.05, 0) is 55.3 Å². The Labute approximate surface area is 156 Å². The zero-order valence-corrected chi connectivity index (χ0v) is 16.3. The van der Waals surface area contributed by atoms with Crippen LogP contribution in [0.1, 0.15) is 65.2 Å². The largest absolute Gasteiger partial charge is 0.359 e. The van der Waals surface area contributed by atoms with Gasteiger partial charge in [0.05, 0.1) is 0 Å². The van der Waals surface area contributed by atoms with E-state index in [0.717, 1.165) is 38.5 Å². The lowest BCUT2D eigenvalue weighted by Crippen LogP contribution is -2.51. The number of Topliss-reactive ketones (excluding diaryl/α,β-unsaturated/α-hetero) is 2. The van der Waals surface area contributed by atoms with Gasteiger partial charge in [0.2, 0.25) is 5.91 Å². The lowest BCUT2D eigenvalue weighted by Gasteiger charge is -2.57. The third-order valence-corrected chi connectivity index (χ3v) is 8.54. The molecule has 4 aliphatic rings. The van der Waals surface area contributed by atoms with Crippen LogP contribution >= 0.6 is 0 Å². The third kappa shape index (κ3) is 2.44. The van der Waals surface area contributed by atoms with Gasteiger partial charge < -0.3 is 5.32 Å². The van der Waals surface area contributed by atoms with Crippen LogP contribution in [-0.2, 0) is 14.4 Å². The van der Waals surface area contributed by atoms with Crippen molar-refractivity contribution in [2.24, 2.45) is 34.5 Å². The lowest BCUT2D eigenvalue weighted by molar-refractivity contribution is -0.135. The van der Waals surface area contributed by atoms with E-state index < -0.39 is 0 Å². The SMILES string of the molecule is CNC(=O)CC1CC2(C)C(=CCC3C4CCC(=O)C4(C)CCC32)CC1=O. The highest BCUT2D eigenvalue weighted by Gasteiger charge is 2.59. The summed E-state index contributed by atoms with van der Waals surface area (Å²) in [5.74, 6) is 2.11. The summed E-state index contributed by atoms with van der Waals surface area (Å²) in [5.41, 5.74) is 1.21. The Hall–Kier alpha value is -1.45. The van der Waals surface area contributed by atoms with Crippen molar-refractivity contribution >= 4 is 17.5 Å². The average molecular weight is 357 g/mol. The predicted octanol–water partition coefficient (Wildman–Crippen LogP) is 3.45. The Morgan fingerprint density at radius 3 is 2.65 bits per heavy atom. The lowest BCUT2D eigenvalue weighted by atomic mass is 9.47. The van der Waals surface area contributed by atoms with E-state index in [9.17, 15) is 14.4 Å². The van der Waals surface area contributed by atoms with Gasteiger partial charge in [0, 0.05) is 37.6 Å². The predicted molar refractivity (Wildman–Crippen MR) is 99.3 cm³/mol. The van der Waals surface area contributed by atoms with Crippen LogP contribution in [0.25, 0.3) is 0 Å². The highest BCUT2D eigenvalue weighted by Crippen LogP contribution is 2.64. The van der Waals surface area contributed by atoms with E-state index in [0.29, 0.717) is 36.4 Å². The maximum absolute atomic E-state index is 12.6. The van der Waals surface area contributed by atoms with Gasteiger partial charge in [0.25, 0.3) is 0 Å². The normalized spacial score (nSPS) is 44.7. The summed E-state index contributed by atoms with van der Waals surface area (Å²) >= 11 is 0. The van der Waals surface area contributed by atoms with Gasteiger partial charge in [0.1, 0.15) is 11.6 Å². The molecule has 1 amide bonds. The molecular formula is C22H31NO3. The molecule has 1 N–H and O–H groups in total. The van der Waals surface area contributed by atoms with Crippen molar-refractivity contribution in [3.63, 3.8) is 0 Å². The molecular weight excluding hydrogens is 326 g/mol. The Bertz CT molecular complexity index is 696. The van der Waals surface area contributed by atoms with E-state index in [1.165, 1.54) is 5.57 Å². The fraction of sp³-hybridized carbons (Fsp3) is 0.773. The fourth-order valence-corrected chi connectivity index (χ4v) is 6.95. The molecule has 4 aliphatic carbocycles. The van der Waals surface area contributed by atoms with E-state index in [1.54, 1.807) is 7.05 Å². The average Bonchev–Trinajstić information content (AvgIpc) is 2.91. The van der Waals surface area contributed by atoms with Gasteiger partial charge >= 0.3 is 0 Å². The van der Waals surface area contributed by atoms with Crippen molar-refractivity contribution in [2.45, 2.75) is 65.2 Å². The molecule has 6 unspecified atom stereocenters. The van der Waals surface area contributed by atoms with Crippen LogP contribution in [-0.4, -0.2) is 24.5 Å². The number of allylic oxidation sites excluding steroid dienone is 2. The van der Waals surface area contributed by atoms with Gasteiger partial charge in [-0.3, -0.25) is 14.4 Å². The number of nitrogens with one attached hydrogen (secondary N) is 1. The summed E-state index contributed by atoms with van der Waals surface area (Å²) in [4.78, 5) is 37.0. The van der Waals surface area contributed by atoms with E-state index in [2.05, 4.69) is 25.2 Å². The number of carbonyl (C=O) groups is 3. The first-order valence-corrected chi connectivity index (χ1v) is 10.3. The molecule has 0 radical (unpaired) electrons. The summed E-state index contributed by atoms with van der Waals surface area (Å²) in [6.45, 7) is 4.53. The Kier molecular flexibility index (Phi) is 4.16. The van der Waals surface area contributed by atoms with Crippen molar-refractivity contribution < 1.29 is 14.4 Å². The number of carbonyl (C=O) groups excluding carboxylic acids is 3. The second kappa shape index (κ2) is 6.03. The maximum atomic E-state index is 12.6. The molecule has 6 atom stereocenters. The number of hydrogen-bond acceptors (Lipinski definition) is 3. The minimum absolute atomic E-state index is 0.0164. The molecule has 0 aromatic heterocycles. The molecule has 0 aromatic rings. The molecule has 0 saturated heterocycles. The van der Waals surface area contributed by atoms with Gasteiger partial charge in [-0.25, -0.2) is 0 Å². The van der Waals surface area contributed by atoms with Crippen LogP contribution in [0.5, 0.6) is 0 Å². The van der Waals surface area contributed by atoms with Crippen molar-refractivity contribution in [1.82, 2.24) is 5.32 Å². The molecule has 4 nitrogen and oxygen atoms in total. The van der Waals surface area contributed by atoms with Gasteiger partial charge in [-0.15, -0.1) is 0 Å². The molecule has 3 fully saturated rings. The van der Waals surface area contributed by atoms with Crippen molar-refractivity contribution in [2.75, 3.05) is 7.05 Å². The second-order valence-electron chi connectivity index (χ2n) is 9.60. The van der Waals surface area contributed by atoms with Gasteiger partial charge in [-0.2, -0.15) is 0 Å². The molecule has 0 aliphatic heterocycles. The smallest absolute Gasteiger partial charge is 0.220 e. The molecule has 4 rings (SSSR count). The van der Waals surface area contributed by atoms with Crippen LogP contribution < -0.4 is 5.32 Å². The third-order valence-electron chi connectivity index (χ3n) is 8.54. The molecule has 0 heterocycles. The van der Waals surface area contributed by atoms with Crippen molar-refractivity contribution in [1.29, 1.82) is 0 Å². The molecule has 0 aromatic carbocycles. The van der Waals surface area contributed by atoms with Crippen LogP contribution in [0.2, 0.25) is 0 Å². The highest BCUT2D eigenvalue weighted by molar-refractivity contribution is 5.90.